The SMILES string of the molecule is CC(C)(C)O.CCCC=C=[C-][Si](C)(C)C.[Zn]. The molecular formula is C13H27OSiZn-. The fourth-order valence-electron chi connectivity index (χ4n) is 0.484. The molecule has 0 rings (SSSR count). The molecule has 0 unspecified atom stereocenters. The Morgan fingerprint density at radius 1 is 1.25 bits per heavy atom. The van der Waals surface area contributed by atoms with Crippen molar-refractivity contribution in [3.63, 3.8) is 0 Å². The van der Waals surface area contributed by atoms with Gasteiger partial charge in [-0.3, -0.25) is 0 Å². The zero-order chi connectivity index (χ0) is 12.5. The monoisotopic (exact) mass is 291 g/mol. The Bertz CT molecular complexity index is 199. The van der Waals surface area contributed by atoms with Gasteiger partial charge in [-0.1, -0.05) is 39.4 Å². The second-order valence-electron chi connectivity index (χ2n) is 5.68. The molecule has 0 aromatic rings. The molecule has 0 aliphatic rings. The van der Waals surface area contributed by atoms with Gasteiger partial charge in [-0.15, -0.1) is 0 Å². The van der Waals surface area contributed by atoms with E-state index in [2.05, 4.69) is 44.1 Å². The number of rotatable bonds is 3. The third-order valence-corrected chi connectivity index (χ3v) is 1.88. The summed E-state index contributed by atoms with van der Waals surface area (Å²) in [6.07, 6.45) is 4.43. The van der Waals surface area contributed by atoms with Crippen molar-refractivity contribution in [1.82, 2.24) is 0 Å². The first-order valence-corrected chi connectivity index (χ1v) is 9.13. The molecule has 0 radical (unpaired) electrons. The van der Waals surface area contributed by atoms with Crippen molar-refractivity contribution in [2.75, 3.05) is 0 Å². The van der Waals surface area contributed by atoms with Crippen molar-refractivity contribution < 1.29 is 24.6 Å². The Labute approximate surface area is 116 Å². The topological polar surface area (TPSA) is 20.2 Å². The van der Waals surface area contributed by atoms with Gasteiger partial charge in [0, 0.05) is 19.5 Å². The van der Waals surface area contributed by atoms with Gasteiger partial charge in [-0.25, -0.2) is 5.70 Å². The molecule has 1 nitrogen and oxygen atoms in total. The van der Waals surface area contributed by atoms with Gasteiger partial charge in [0.25, 0.3) is 0 Å². The van der Waals surface area contributed by atoms with E-state index in [0.717, 1.165) is 6.42 Å². The minimum absolute atomic E-state index is 0. The van der Waals surface area contributed by atoms with Crippen molar-refractivity contribution in [2.24, 2.45) is 0 Å². The van der Waals surface area contributed by atoms with Crippen LogP contribution in [0.25, 0.3) is 0 Å². The molecular weight excluding hydrogens is 266 g/mol. The molecule has 0 atom stereocenters. The van der Waals surface area contributed by atoms with Crippen molar-refractivity contribution in [3.8, 4) is 0 Å². The van der Waals surface area contributed by atoms with Crippen molar-refractivity contribution in [3.05, 3.63) is 17.5 Å². The van der Waals surface area contributed by atoms with Crippen LogP contribution in [0.4, 0.5) is 0 Å². The molecule has 92 valence electrons. The van der Waals surface area contributed by atoms with Crippen LogP contribution < -0.4 is 0 Å². The number of hydrogen-bond donors (Lipinski definition) is 1. The van der Waals surface area contributed by atoms with Crippen LogP contribution in [0.1, 0.15) is 40.5 Å². The van der Waals surface area contributed by atoms with Crippen LogP contribution in [0.2, 0.25) is 19.6 Å². The molecule has 0 aliphatic heterocycles. The summed E-state index contributed by atoms with van der Waals surface area (Å²) in [5.74, 6) is 0. The maximum atomic E-state index is 8.52. The Morgan fingerprint density at radius 3 is 1.88 bits per heavy atom. The fourth-order valence-corrected chi connectivity index (χ4v) is 1.02. The molecule has 0 saturated heterocycles. The summed E-state index contributed by atoms with van der Waals surface area (Å²) in [6.45, 7) is 14.2. The van der Waals surface area contributed by atoms with Crippen LogP contribution in [-0.2, 0) is 19.5 Å². The molecule has 16 heavy (non-hydrogen) atoms. The third-order valence-electron chi connectivity index (χ3n) is 0.982. The van der Waals surface area contributed by atoms with Crippen molar-refractivity contribution in [1.29, 1.82) is 0 Å². The predicted molar refractivity (Wildman–Crippen MR) is 71.6 cm³/mol. The van der Waals surface area contributed by atoms with Gasteiger partial charge < -0.3 is 10.8 Å². The first-order valence-electron chi connectivity index (χ1n) is 5.63. The van der Waals surface area contributed by atoms with Gasteiger partial charge in [0.2, 0.25) is 0 Å². The first kappa shape index (κ1) is 21.6. The summed E-state index contributed by atoms with van der Waals surface area (Å²) in [4.78, 5) is 0. The van der Waals surface area contributed by atoms with E-state index >= 15 is 0 Å². The first-order chi connectivity index (χ1) is 6.56. The fraction of sp³-hybridized carbons (Fsp3) is 0.769. The smallest absolute Gasteiger partial charge is 0.0563 e. The Balaban J connectivity index is -0.000000242. The second-order valence-corrected chi connectivity index (χ2v) is 10.4. The molecule has 0 aromatic heterocycles. The van der Waals surface area contributed by atoms with Crippen LogP contribution >= 0.6 is 0 Å². The summed E-state index contributed by atoms with van der Waals surface area (Å²) < 4.78 is 0. The molecule has 1 N–H and O–H groups in total. The number of allylic oxidation sites excluding steroid dienone is 1. The summed E-state index contributed by atoms with van der Waals surface area (Å²) in [5, 5.41) is 8.52. The summed E-state index contributed by atoms with van der Waals surface area (Å²) >= 11 is 0. The number of aliphatic hydroxyl groups is 1. The molecule has 0 bridgehead atoms. The molecule has 0 heterocycles. The van der Waals surface area contributed by atoms with E-state index < -0.39 is 13.7 Å². The van der Waals surface area contributed by atoms with E-state index in [1.54, 1.807) is 20.8 Å². The van der Waals surface area contributed by atoms with Gasteiger partial charge in [0.05, 0.1) is 5.60 Å². The maximum Gasteiger partial charge on any atom is 0.0563 e. The average Bonchev–Trinajstić information content (AvgIpc) is 1.93. The van der Waals surface area contributed by atoms with Crippen molar-refractivity contribution >= 4 is 8.07 Å². The zero-order valence-electron chi connectivity index (χ0n) is 12.1. The van der Waals surface area contributed by atoms with E-state index in [1.165, 1.54) is 6.42 Å². The molecule has 0 spiro atoms. The average molecular weight is 293 g/mol. The van der Waals surface area contributed by atoms with Gasteiger partial charge in [-0.2, -0.15) is 6.08 Å². The summed E-state index contributed by atoms with van der Waals surface area (Å²) in [5.41, 5.74) is 5.90. The van der Waals surface area contributed by atoms with E-state index in [0.29, 0.717) is 0 Å². The maximum absolute atomic E-state index is 8.52. The van der Waals surface area contributed by atoms with Gasteiger partial charge in [0.1, 0.15) is 0 Å². The predicted octanol–water partition coefficient (Wildman–Crippen LogP) is 3.95. The number of unbranched alkanes of at least 4 members (excludes halogenated alkanes) is 1. The minimum atomic E-state index is -1.10. The van der Waals surface area contributed by atoms with E-state index in [-0.39, 0.29) is 19.5 Å². The van der Waals surface area contributed by atoms with Crippen molar-refractivity contribution in [2.45, 2.75) is 65.8 Å². The summed E-state index contributed by atoms with van der Waals surface area (Å²) in [6, 6.07) is 0. The van der Waals surface area contributed by atoms with E-state index in [1.807, 2.05) is 0 Å². The Hall–Kier alpha value is 0.320. The molecule has 0 fully saturated rings. The van der Waals surface area contributed by atoms with E-state index in [9.17, 15) is 0 Å². The van der Waals surface area contributed by atoms with Gasteiger partial charge in [0.15, 0.2) is 0 Å². The van der Waals surface area contributed by atoms with Crippen LogP contribution in [-0.4, -0.2) is 18.8 Å². The zero-order valence-corrected chi connectivity index (χ0v) is 16.1. The van der Waals surface area contributed by atoms with Gasteiger partial charge in [-0.05, 0) is 28.8 Å². The molecule has 0 amide bonds. The molecule has 0 saturated carbocycles. The third kappa shape index (κ3) is 47.4. The van der Waals surface area contributed by atoms with E-state index in [4.69, 9.17) is 5.11 Å². The standard InChI is InChI=1S/C9H17Si.C4H10O.Zn/c1-5-6-7-8-9-10(2,3)4;1-4(2,3)5;/h7H,5-6H2,1-4H3;5H,1-3H3;/q-1;;. The minimum Gasteiger partial charge on any atom is -0.391 e. The summed E-state index contributed by atoms with van der Waals surface area (Å²) in [7, 11) is -1.10. The largest absolute Gasteiger partial charge is 0.391 e. The van der Waals surface area contributed by atoms with Crippen LogP contribution in [0.3, 0.4) is 0 Å². The number of hydrogen-bond acceptors (Lipinski definition) is 1. The van der Waals surface area contributed by atoms with Crippen LogP contribution in [0.5, 0.6) is 0 Å². The van der Waals surface area contributed by atoms with Crippen LogP contribution in [0.15, 0.2) is 11.8 Å². The Kier molecular flexibility index (Phi) is 14.1. The second kappa shape index (κ2) is 10.5. The molecule has 0 aliphatic carbocycles. The Morgan fingerprint density at radius 2 is 1.62 bits per heavy atom. The molecule has 0 aromatic carbocycles. The normalized spacial score (nSPS) is 10.2. The van der Waals surface area contributed by atoms with Gasteiger partial charge >= 0.3 is 0 Å². The van der Waals surface area contributed by atoms with Crippen LogP contribution in [0, 0.1) is 5.70 Å². The molecule has 3 heteroatoms. The quantitative estimate of drug-likeness (QED) is 0.474.